The summed E-state index contributed by atoms with van der Waals surface area (Å²) in [6.07, 6.45) is 0. The Balaban J connectivity index is 1.08. The number of hydrogen-bond donors (Lipinski definition) is 0. The third-order valence-electron chi connectivity index (χ3n) is 14.1. The second-order valence-electron chi connectivity index (χ2n) is 18.3. The summed E-state index contributed by atoms with van der Waals surface area (Å²) in [5, 5.41) is 2.27. The standard InChI is InChI=1S/C58H49NO/c1-34-29-49-51(31-35(34)2)58(7,8)55-37(4)36(3)30-48(54(49)55)38-23-25-40(26-24-38)59(42-27-28-45-44-17-9-11-21-50(44)57(5,6)52(45)33-42)41-16-13-15-39(32-41)43-19-14-20-47-46-18-10-12-22-53(46)60-56(43)47/h9-33H,1-8H3. The summed E-state index contributed by atoms with van der Waals surface area (Å²) in [5.41, 5.74) is 26.2. The summed E-state index contributed by atoms with van der Waals surface area (Å²) in [7, 11) is 0. The van der Waals surface area contributed by atoms with E-state index in [9.17, 15) is 0 Å². The van der Waals surface area contributed by atoms with E-state index in [0.717, 1.165) is 50.1 Å². The topological polar surface area (TPSA) is 16.4 Å². The van der Waals surface area contributed by atoms with Gasteiger partial charge in [-0.25, -0.2) is 0 Å². The SMILES string of the molecule is Cc1cc2c(cc1C)C(C)(C)c1c(C)c(C)cc(-c3ccc(N(c4cccc(-c5cccc6c5oc5ccccc56)c4)c4ccc5c(c4)C(C)(C)c4ccccc4-5)cc3)c1-2. The normalized spacial score (nSPS) is 14.3. The fourth-order valence-corrected chi connectivity index (χ4v) is 10.7. The molecule has 1 heterocycles. The molecule has 0 N–H and O–H groups in total. The van der Waals surface area contributed by atoms with Crippen molar-refractivity contribution in [3.8, 4) is 44.5 Å². The van der Waals surface area contributed by atoms with E-state index in [1.54, 1.807) is 0 Å². The van der Waals surface area contributed by atoms with Gasteiger partial charge in [-0.15, -0.1) is 0 Å². The summed E-state index contributed by atoms with van der Waals surface area (Å²) in [4.78, 5) is 2.43. The molecule has 0 atom stereocenters. The van der Waals surface area contributed by atoms with Crippen LogP contribution in [0, 0.1) is 27.7 Å². The van der Waals surface area contributed by atoms with E-state index in [1.807, 2.05) is 6.07 Å². The second-order valence-corrected chi connectivity index (χ2v) is 18.3. The first-order chi connectivity index (χ1) is 28.9. The fourth-order valence-electron chi connectivity index (χ4n) is 10.7. The number of benzene rings is 8. The first-order valence-corrected chi connectivity index (χ1v) is 21.3. The summed E-state index contributed by atoms with van der Waals surface area (Å²) < 4.78 is 6.55. The molecule has 2 aliphatic rings. The van der Waals surface area contributed by atoms with E-state index in [2.05, 4.69) is 206 Å². The Morgan fingerprint density at radius 2 is 1.05 bits per heavy atom. The number of furan rings is 1. The van der Waals surface area contributed by atoms with Crippen LogP contribution in [0.25, 0.3) is 66.4 Å². The maximum atomic E-state index is 6.55. The molecule has 2 nitrogen and oxygen atoms in total. The van der Waals surface area contributed by atoms with Crippen LogP contribution in [0.2, 0.25) is 0 Å². The van der Waals surface area contributed by atoms with Crippen molar-refractivity contribution in [2.45, 2.75) is 66.2 Å². The second kappa shape index (κ2) is 12.9. The highest BCUT2D eigenvalue weighted by atomic mass is 16.3. The Kier molecular flexibility index (Phi) is 7.85. The molecule has 292 valence electrons. The van der Waals surface area contributed by atoms with E-state index in [0.29, 0.717) is 0 Å². The molecule has 2 heteroatoms. The summed E-state index contributed by atoms with van der Waals surface area (Å²) >= 11 is 0. The van der Waals surface area contributed by atoms with Gasteiger partial charge in [-0.05, 0) is 154 Å². The predicted molar refractivity (Wildman–Crippen MR) is 253 cm³/mol. The molecule has 0 bridgehead atoms. The molecule has 60 heavy (non-hydrogen) atoms. The van der Waals surface area contributed by atoms with E-state index in [1.165, 1.54) is 77.9 Å². The van der Waals surface area contributed by atoms with E-state index in [-0.39, 0.29) is 10.8 Å². The molecule has 0 spiro atoms. The van der Waals surface area contributed by atoms with Crippen LogP contribution in [-0.2, 0) is 10.8 Å². The molecule has 0 saturated carbocycles. The van der Waals surface area contributed by atoms with Crippen LogP contribution < -0.4 is 4.90 Å². The van der Waals surface area contributed by atoms with E-state index in [4.69, 9.17) is 4.42 Å². The maximum absolute atomic E-state index is 6.55. The zero-order chi connectivity index (χ0) is 41.2. The number of para-hydroxylation sites is 2. The highest BCUT2D eigenvalue weighted by Gasteiger charge is 2.40. The Morgan fingerprint density at radius 1 is 0.417 bits per heavy atom. The van der Waals surface area contributed by atoms with Crippen molar-refractivity contribution < 1.29 is 4.42 Å². The number of hydrogen-bond acceptors (Lipinski definition) is 2. The molecule has 8 aromatic carbocycles. The van der Waals surface area contributed by atoms with Gasteiger partial charge in [0.2, 0.25) is 0 Å². The van der Waals surface area contributed by atoms with Gasteiger partial charge in [0.25, 0.3) is 0 Å². The third kappa shape index (κ3) is 5.19. The lowest BCUT2D eigenvalue weighted by atomic mass is 9.78. The number of fused-ring (bicyclic) bond motifs is 9. The Labute approximate surface area is 353 Å². The Hall–Kier alpha value is -6.64. The first kappa shape index (κ1) is 36.4. The van der Waals surface area contributed by atoms with Gasteiger partial charge in [-0.3, -0.25) is 0 Å². The van der Waals surface area contributed by atoms with Gasteiger partial charge < -0.3 is 9.32 Å². The molecule has 0 saturated heterocycles. The van der Waals surface area contributed by atoms with Crippen LogP contribution in [0.4, 0.5) is 17.1 Å². The fraction of sp³-hybridized carbons (Fsp3) is 0.172. The van der Waals surface area contributed by atoms with E-state index < -0.39 is 0 Å². The Bertz CT molecular complexity index is 3250. The minimum absolute atomic E-state index is 0.0799. The lowest BCUT2D eigenvalue weighted by Gasteiger charge is -2.29. The quantitative estimate of drug-likeness (QED) is 0.173. The smallest absolute Gasteiger partial charge is 0.143 e. The molecule has 0 radical (unpaired) electrons. The summed E-state index contributed by atoms with van der Waals surface area (Å²) in [5.74, 6) is 0. The highest BCUT2D eigenvalue weighted by molar-refractivity contribution is 6.09. The Morgan fingerprint density at radius 3 is 1.88 bits per heavy atom. The van der Waals surface area contributed by atoms with Crippen molar-refractivity contribution in [1.82, 2.24) is 0 Å². The van der Waals surface area contributed by atoms with Gasteiger partial charge in [-0.1, -0.05) is 137 Å². The van der Waals surface area contributed by atoms with Crippen molar-refractivity contribution in [3.63, 3.8) is 0 Å². The van der Waals surface area contributed by atoms with Gasteiger partial charge in [0.15, 0.2) is 0 Å². The van der Waals surface area contributed by atoms with Crippen LogP contribution in [0.15, 0.2) is 156 Å². The van der Waals surface area contributed by atoms with Crippen molar-refractivity contribution in [2.24, 2.45) is 0 Å². The summed E-state index contributed by atoms with van der Waals surface area (Å²) in [6.45, 7) is 18.6. The molecule has 0 aliphatic heterocycles. The minimum atomic E-state index is -0.124. The first-order valence-electron chi connectivity index (χ1n) is 21.3. The number of anilines is 3. The third-order valence-corrected chi connectivity index (χ3v) is 14.1. The molecule has 1 aromatic heterocycles. The van der Waals surface area contributed by atoms with Crippen LogP contribution in [-0.4, -0.2) is 0 Å². The molecular weight excluding hydrogens is 727 g/mol. The largest absolute Gasteiger partial charge is 0.455 e. The minimum Gasteiger partial charge on any atom is -0.455 e. The summed E-state index contributed by atoms with van der Waals surface area (Å²) in [6, 6.07) is 56.3. The van der Waals surface area contributed by atoms with Gasteiger partial charge in [0, 0.05) is 44.2 Å². The average Bonchev–Trinajstić information content (AvgIpc) is 3.82. The zero-order valence-electron chi connectivity index (χ0n) is 35.8. The number of aryl methyl sites for hydroxylation is 3. The van der Waals surface area contributed by atoms with Crippen LogP contribution in [0.3, 0.4) is 0 Å². The van der Waals surface area contributed by atoms with E-state index >= 15 is 0 Å². The predicted octanol–water partition coefficient (Wildman–Crippen LogP) is 16.2. The molecule has 0 fully saturated rings. The average molecular weight is 776 g/mol. The van der Waals surface area contributed by atoms with Crippen molar-refractivity contribution in [1.29, 1.82) is 0 Å². The molecule has 0 amide bonds. The maximum Gasteiger partial charge on any atom is 0.143 e. The zero-order valence-corrected chi connectivity index (χ0v) is 35.8. The number of rotatable bonds is 5. The molecular formula is C58H49NO. The lowest BCUT2D eigenvalue weighted by molar-refractivity contribution is 0.654. The van der Waals surface area contributed by atoms with Gasteiger partial charge >= 0.3 is 0 Å². The molecule has 0 unspecified atom stereocenters. The molecule has 11 rings (SSSR count). The van der Waals surface area contributed by atoms with Gasteiger partial charge in [0.05, 0.1) is 0 Å². The van der Waals surface area contributed by atoms with Crippen molar-refractivity contribution >= 4 is 39.0 Å². The van der Waals surface area contributed by atoms with Crippen molar-refractivity contribution in [2.75, 3.05) is 4.90 Å². The molecule has 9 aromatic rings. The van der Waals surface area contributed by atoms with Crippen LogP contribution in [0.5, 0.6) is 0 Å². The van der Waals surface area contributed by atoms with Gasteiger partial charge in [-0.2, -0.15) is 0 Å². The highest BCUT2D eigenvalue weighted by Crippen LogP contribution is 2.55. The monoisotopic (exact) mass is 775 g/mol. The van der Waals surface area contributed by atoms with Crippen molar-refractivity contribution in [3.05, 3.63) is 196 Å². The lowest BCUT2D eigenvalue weighted by Crippen LogP contribution is -2.17. The van der Waals surface area contributed by atoms with Gasteiger partial charge in [0.1, 0.15) is 11.2 Å². The molecule has 2 aliphatic carbocycles. The van der Waals surface area contributed by atoms with Crippen LogP contribution in [0.1, 0.15) is 72.2 Å². The van der Waals surface area contributed by atoms with Crippen LogP contribution >= 0.6 is 0 Å². The number of nitrogens with zero attached hydrogens (tertiary/aromatic N) is 1.